The van der Waals surface area contributed by atoms with Gasteiger partial charge >= 0.3 is 0 Å². The van der Waals surface area contributed by atoms with E-state index >= 15 is 0 Å². The van der Waals surface area contributed by atoms with Gasteiger partial charge in [-0.05, 0) is 12.0 Å². The van der Waals surface area contributed by atoms with Crippen LogP contribution in [0, 0.1) is 0 Å². The van der Waals surface area contributed by atoms with Gasteiger partial charge in [-0.25, -0.2) is 0 Å². The fraction of sp³-hybridized carbons (Fsp3) is 0.462. The van der Waals surface area contributed by atoms with Crippen LogP contribution < -0.4 is 5.32 Å². The van der Waals surface area contributed by atoms with E-state index in [1.165, 1.54) is 15.7 Å². The molecular formula is C13H19N3O3S. The minimum absolute atomic E-state index is 0.110. The summed E-state index contributed by atoms with van der Waals surface area (Å²) < 4.78 is 27.4. The van der Waals surface area contributed by atoms with Crippen molar-refractivity contribution >= 4 is 16.1 Å². The highest BCUT2D eigenvalue weighted by Gasteiger charge is 2.29. The van der Waals surface area contributed by atoms with E-state index in [1.807, 2.05) is 30.3 Å². The molecule has 1 fully saturated rings. The van der Waals surface area contributed by atoms with Crippen molar-refractivity contribution in [2.75, 3.05) is 26.7 Å². The molecule has 2 rings (SSSR count). The molecule has 0 aliphatic carbocycles. The topological polar surface area (TPSA) is 69.7 Å². The Hall–Kier alpha value is -1.44. The Labute approximate surface area is 119 Å². The van der Waals surface area contributed by atoms with Gasteiger partial charge in [0.15, 0.2) is 0 Å². The molecule has 0 atom stereocenters. The maximum Gasteiger partial charge on any atom is 0.282 e. The summed E-state index contributed by atoms with van der Waals surface area (Å²) in [6.45, 7) is 1.07. The van der Waals surface area contributed by atoms with Gasteiger partial charge < -0.3 is 5.32 Å². The van der Waals surface area contributed by atoms with Gasteiger partial charge in [0.05, 0.1) is 6.54 Å². The largest absolute Gasteiger partial charge is 0.355 e. The van der Waals surface area contributed by atoms with E-state index in [0.717, 1.165) is 5.56 Å². The second kappa shape index (κ2) is 6.34. The molecule has 1 N–H and O–H groups in total. The summed E-state index contributed by atoms with van der Waals surface area (Å²) in [7, 11) is -2.08. The third-order valence-corrected chi connectivity index (χ3v) is 5.08. The predicted molar refractivity (Wildman–Crippen MR) is 76.0 cm³/mol. The number of nitrogens with one attached hydrogen (secondary N) is 1. The number of nitrogens with zero attached hydrogens (tertiary/aromatic N) is 2. The van der Waals surface area contributed by atoms with Crippen LogP contribution in [0.25, 0.3) is 0 Å². The Morgan fingerprint density at radius 1 is 1.30 bits per heavy atom. The molecule has 1 aromatic carbocycles. The second-order valence-electron chi connectivity index (χ2n) is 4.79. The van der Waals surface area contributed by atoms with E-state index in [9.17, 15) is 13.2 Å². The van der Waals surface area contributed by atoms with E-state index in [4.69, 9.17) is 0 Å². The molecule has 0 bridgehead atoms. The first kappa shape index (κ1) is 15.0. The molecule has 1 aliphatic heterocycles. The van der Waals surface area contributed by atoms with Gasteiger partial charge in [-0.3, -0.25) is 4.79 Å². The van der Waals surface area contributed by atoms with Gasteiger partial charge in [-0.1, -0.05) is 30.3 Å². The van der Waals surface area contributed by atoms with Crippen molar-refractivity contribution in [3.63, 3.8) is 0 Å². The van der Waals surface area contributed by atoms with Crippen LogP contribution in [0.2, 0.25) is 0 Å². The smallest absolute Gasteiger partial charge is 0.282 e. The molecular weight excluding hydrogens is 278 g/mol. The Kier molecular flexibility index (Phi) is 4.74. The van der Waals surface area contributed by atoms with Crippen molar-refractivity contribution in [1.82, 2.24) is 13.9 Å². The Morgan fingerprint density at radius 3 is 2.70 bits per heavy atom. The first-order valence-electron chi connectivity index (χ1n) is 6.52. The number of carbonyl (C=O) groups excluding carboxylic acids is 1. The maximum absolute atomic E-state index is 12.5. The molecule has 1 saturated heterocycles. The third-order valence-electron chi connectivity index (χ3n) is 3.19. The van der Waals surface area contributed by atoms with E-state index < -0.39 is 10.2 Å². The lowest BCUT2D eigenvalue weighted by Gasteiger charge is -2.25. The molecule has 0 spiro atoms. The molecule has 7 heteroatoms. The van der Waals surface area contributed by atoms with Gasteiger partial charge in [0.1, 0.15) is 0 Å². The highest BCUT2D eigenvalue weighted by Crippen LogP contribution is 2.12. The van der Waals surface area contributed by atoms with Gasteiger partial charge in [-0.2, -0.15) is 17.0 Å². The monoisotopic (exact) mass is 297 g/mol. The maximum atomic E-state index is 12.5. The SMILES string of the molecule is CN(Cc1ccccc1)S(=O)(=O)N1CCCNC(=O)C1. The van der Waals surface area contributed by atoms with Gasteiger partial charge in [-0.15, -0.1) is 0 Å². The van der Waals surface area contributed by atoms with Crippen LogP contribution >= 0.6 is 0 Å². The molecule has 0 unspecified atom stereocenters. The molecule has 20 heavy (non-hydrogen) atoms. The normalized spacial score (nSPS) is 17.8. The van der Waals surface area contributed by atoms with Crippen LogP contribution in [0.1, 0.15) is 12.0 Å². The first-order chi connectivity index (χ1) is 9.50. The van der Waals surface area contributed by atoms with Crippen LogP contribution in [-0.2, 0) is 21.5 Å². The molecule has 110 valence electrons. The van der Waals surface area contributed by atoms with Crippen molar-refractivity contribution in [3.8, 4) is 0 Å². The molecule has 1 aromatic rings. The molecule has 1 heterocycles. The van der Waals surface area contributed by atoms with Crippen molar-refractivity contribution in [1.29, 1.82) is 0 Å². The summed E-state index contributed by atoms with van der Waals surface area (Å²) in [5, 5.41) is 2.67. The summed E-state index contributed by atoms with van der Waals surface area (Å²) in [5.41, 5.74) is 0.915. The summed E-state index contributed by atoms with van der Waals surface area (Å²) in [6.07, 6.45) is 0.629. The lowest BCUT2D eigenvalue weighted by atomic mass is 10.2. The van der Waals surface area contributed by atoms with E-state index in [2.05, 4.69) is 5.32 Å². The fourth-order valence-corrected chi connectivity index (χ4v) is 3.44. The molecule has 0 aromatic heterocycles. The quantitative estimate of drug-likeness (QED) is 0.862. The molecule has 1 amide bonds. The Balaban J connectivity index is 2.10. The highest BCUT2D eigenvalue weighted by atomic mass is 32.2. The predicted octanol–water partition coefficient (Wildman–Crippen LogP) is 0.185. The average Bonchev–Trinajstić information content (AvgIpc) is 2.65. The zero-order valence-corrected chi connectivity index (χ0v) is 12.3. The second-order valence-corrected chi connectivity index (χ2v) is 6.82. The van der Waals surface area contributed by atoms with Crippen LogP contribution in [0.3, 0.4) is 0 Å². The third kappa shape index (κ3) is 3.56. The highest BCUT2D eigenvalue weighted by molar-refractivity contribution is 7.86. The van der Waals surface area contributed by atoms with Crippen molar-refractivity contribution < 1.29 is 13.2 Å². The lowest BCUT2D eigenvalue weighted by Crippen LogP contribution is -2.44. The lowest BCUT2D eigenvalue weighted by molar-refractivity contribution is -0.120. The standard InChI is InChI=1S/C13H19N3O3S/c1-15(10-12-6-3-2-4-7-12)20(18,19)16-9-5-8-14-13(17)11-16/h2-4,6-7H,5,8-11H2,1H3,(H,14,17). The Morgan fingerprint density at radius 2 is 2.00 bits per heavy atom. The molecule has 6 nitrogen and oxygen atoms in total. The van der Waals surface area contributed by atoms with E-state index in [1.54, 1.807) is 0 Å². The summed E-state index contributed by atoms with van der Waals surface area (Å²) in [6, 6.07) is 9.38. The van der Waals surface area contributed by atoms with Gasteiger partial charge in [0.2, 0.25) is 5.91 Å². The zero-order valence-electron chi connectivity index (χ0n) is 11.4. The van der Waals surface area contributed by atoms with Crippen molar-refractivity contribution in [3.05, 3.63) is 35.9 Å². The van der Waals surface area contributed by atoms with E-state index in [-0.39, 0.29) is 12.5 Å². The number of carbonyl (C=O) groups is 1. The molecule has 0 radical (unpaired) electrons. The fourth-order valence-electron chi connectivity index (χ4n) is 2.09. The van der Waals surface area contributed by atoms with E-state index in [0.29, 0.717) is 26.1 Å². The van der Waals surface area contributed by atoms with Crippen molar-refractivity contribution in [2.45, 2.75) is 13.0 Å². The van der Waals surface area contributed by atoms with Gasteiger partial charge in [0.25, 0.3) is 10.2 Å². The van der Waals surface area contributed by atoms with Gasteiger partial charge in [0, 0.05) is 26.7 Å². The summed E-state index contributed by atoms with van der Waals surface area (Å²) in [5.74, 6) is -0.251. The van der Waals surface area contributed by atoms with Crippen molar-refractivity contribution in [2.24, 2.45) is 0 Å². The molecule has 0 saturated carbocycles. The summed E-state index contributed by atoms with van der Waals surface area (Å²) >= 11 is 0. The van der Waals surface area contributed by atoms with Crippen LogP contribution in [-0.4, -0.2) is 49.6 Å². The Bertz CT molecular complexity index is 559. The minimum atomic E-state index is -3.61. The summed E-state index contributed by atoms with van der Waals surface area (Å²) in [4.78, 5) is 11.5. The zero-order chi connectivity index (χ0) is 14.6. The van der Waals surface area contributed by atoms with Crippen LogP contribution in [0.5, 0.6) is 0 Å². The number of hydrogen-bond donors (Lipinski definition) is 1. The minimum Gasteiger partial charge on any atom is -0.355 e. The van der Waals surface area contributed by atoms with Crippen LogP contribution in [0.4, 0.5) is 0 Å². The number of hydrogen-bond acceptors (Lipinski definition) is 3. The first-order valence-corrected chi connectivity index (χ1v) is 7.92. The average molecular weight is 297 g/mol. The molecule has 1 aliphatic rings. The number of rotatable bonds is 4. The number of benzene rings is 1. The number of amides is 1. The van der Waals surface area contributed by atoms with Crippen LogP contribution in [0.15, 0.2) is 30.3 Å².